The number of fused-ring (bicyclic) bond motifs is 1. The van der Waals surface area contributed by atoms with Crippen LogP contribution in [0.2, 0.25) is 5.02 Å². The van der Waals surface area contributed by atoms with Crippen LogP contribution in [0.3, 0.4) is 0 Å². The zero-order valence-electron chi connectivity index (χ0n) is 14.6. The summed E-state index contributed by atoms with van der Waals surface area (Å²) in [4.78, 5) is 29.2. The Morgan fingerprint density at radius 3 is 2.48 bits per heavy atom. The molecule has 2 aromatic carbocycles. The van der Waals surface area contributed by atoms with Crippen molar-refractivity contribution < 1.29 is 9.90 Å². The number of carbonyl (C=O) groups is 1. The third kappa shape index (κ3) is 3.30. The van der Waals surface area contributed by atoms with E-state index in [-0.39, 0.29) is 11.5 Å². The number of rotatable bonds is 3. The summed E-state index contributed by atoms with van der Waals surface area (Å²) in [5, 5.41) is 10.7. The Balaban J connectivity index is 1.91. The van der Waals surface area contributed by atoms with Crippen LogP contribution in [0.25, 0.3) is 22.0 Å². The normalized spacial score (nSPS) is 15.2. The smallest absolute Gasteiger partial charge is 0.306 e. The SMILES string of the molecule is O=C(O)C1CCN(c2c(-c3ccccc3)c3cc(Cl)ccc3[nH]c2=O)CC1. The first-order chi connectivity index (χ1) is 13.0. The lowest BCUT2D eigenvalue weighted by atomic mass is 9.94. The van der Waals surface area contributed by atoms with Gasteiger partial charge in [-0.15, -0.1) is 0 Å². The van der Waals surface area contributed by atoms with E-state index >= 15 is 0 Å². The van der Waals surface area contributed by atoms with Crippen molar-refractivity contribution in [2.24, 2.45) is 5.92 Å². The number of benzene rings is 2. The van der Waals surface area contributed by atoms with Crippen LogP contribution in [0.15, 0.2) is 53.3 Å². The number of hydrogen-bond donors (Lipinski definition) is 2. The molecular weight excluding hydrogens is 364 g/mol. The van der Waals surface area contributed by atoms with Crippen LogP contribution < -0.4 is 10.5 Å². The van der Waals surface area contributed by atoms with Crippen LogP contribution in [0, 0.1) is 5.92 Å². The number of halogens is 1. The van der Waals surface area contributed by atoms with Gasteiger partial charge in [-0.1, -0.05) is 41.9 Å². The number of carboxylic acid groups (broad SMARTS) is 1. The topological polar surface area (TPSA) is 73.4 Å². The fourth-order valence-electron chi connectivity index (χ4n) is 3.80. The number of aliphatic carboxylic acids is 1. The van der Waals surface area contributed by atoms with Crippen molar-refractivity contribution in [3.8, 4) is 11.1 Å². The maximum atomic E-state index is 13.0. The number of aromatic nitrogens is 1. The summed E-state index contributed by atoms with van der Waals surface area (Å²) in [5.74, 6) is -1.12. The van der Waals surface area contributed by atoms with Gasteiger partial charge in [0.05, 0.1) is 5.92 Å². The number of carboxylic acids is 1. The lowest BCUT2D eigenvalue weighted by molar-refractivity contribution is -0.142. The standard InChI is InChI=1S/C21H19ClN2O3/c22-15-6-7-17-16(12-15)18(13-4-2-1-3-5-13)19(20(25)23-17)24-10-8-14(9-11-24)21(26)27/h1-7,12,14H,8-11H2,(H,23,25)(H,26,27). The van der Waals surface area contributed by atoms with Gasteiger partial charge in [0.25, 0.3) is 5.56 Å². The lowest BCUT2D eigenvalue weighted by Crippen LogP contribution is -2.39. The Morgan fingerprint density at radius 1 is 1.11 bits per heavy atom. The Morgan fingerprint density at radius 2 is 1.81 bits per heavy atom. The summed E-state index contributed by atoms with van der Waals surface area (Å²) < 4.78 is 0. The van der Waals surface area contributed by atoms with Crippen LogP contribution in [0.5, 0.6) is 0 Å². The molecule has 138 valence electrons. The Bertz CT molecular complexity index is 1050. The summed E-state index contributed by atoms with van der Waals surface area (Å²) in [5.41, 5.74) is 2.92. The molecule has 4 rings (SSSR count). The molecule has 0 saturated carbocycles. The van der Waals surface area contributed by atoms with E-state index in [2.05, 4.69) is 4.98 Å². The molecule has 1 saturated heterocycles. The van der Waals surface area contributed by atoms with Crippen LogP contribution in [0.4, 0.5) is 5.69 Å². The van der Waals surface area contributed by atoms with Gasteiger partial charge >= 0.3 is 5.97 Å². The second-order valence-electron chi connectivity index (χ2n) is 6.83. The molecule has 0 amide bonds. The molecule has 1 aliphatic heterocycles. The quantitative estimate of drug-likeness (QED) is 0.713. The minimum absolute atomic E-state index is 0.169. The summed E-state index contributed by atoms with van der Waals surface area (Å²) in [7, 11) is 0. The molecule has 6 heteroatoms. The molecule has 1 aliphatic rings. The maximum absolute atomic E-state index is 13.0. The van der Waals surface area contributed by atoms with E-state index < -0.39 is 5.97 Å². The largest absolute Gasteiger partial charge is 0.481 e. The molecule has 0 spiro atoms. The van der Waals surface area contributed by atoms with Crippen LogP contribution in [0.1, 0.15) is 12.8 Å². The van der Waals surface area contributed by atoms with Crippen molar-refractivity contribution in [2.45, 2.75) is 12.8 Å². The van der Waals surface area contributed by atoms with Crippen LogP contribution >= 0.6 is 11.6 Å². The second-order valence-corrected chi connectivity index (χ2v) is 7.27. The monoisotopic (exact) mass is 382 g/mol. The zero-order valence-corrected chi connectivity index (χ0v) is 15.4. The fourth-order valence-corrected chi connectivity index (χ4v) is 3.98. The molecule has 3 aromatic rings. The minimum atomic E-state index is -0.767. The molecular formula is C21H19ClN2O3. The van der Waals surface area contributed by atoms with E-state index in [0.29, 0.717) is 36.6 Å². The summed E-state index contributed by atoms with van der Waals surface area (Å²) in [6.07, 6.45) is 1.05. The van der Waals surface area contributed by atoms with Crippen molar-refractivity contribution in [1.82, 2.24) is 4.98 Å². The van der Waals surface area contributed by atoms with Gasteiger partial charge in [-0.05, 0) is 36.6 Å². The van der Waals surface area contributed by atoms with Gasteiger partial charge in [-0.3, -0.25) is 9.59 Å². The van der Waals surface area contributed by atoms with E-state index in [0.717, 1.165) is 22.0 Å². The Labute approximate surface area is 161 Å². The molecule has 27 heavy (non-hydrogen) atoms. The molecule has 1 aromatic heterocycles. The van der Waals surface area contributed by atoms with Crippen molar-refractivity contribution in [3.05, 3.63) is 63.9 Å². The number of pyridine rings is 1. The number of aromatic amines is 1. The fraction of sp³-hybridized carbons (Fsp3) is 0.238. The number of nitrogens with one attached hydrogen (secondary N) is 1. The highest BCUT2D eigenvalue weighted by molar-refractivity contribution is 6.31. The van der Waals surface area contributed by atoms with Crippen LogP contribution in [-0.2, 0) is 4.79 Å². The van der Waals surface area contributed by atoms with E-state index in [9.17, 15) is 14.7 Å². The van der Waals surface area contributed by atoms with E-state index in [1.54, 1.807) is 6.07 Å². The first-order valence-electron chi connectivity index (χ1n) is 8.93. The molecule has 0 atom stereocenters. The number of hydrogen-bond acceptors (Lipinski definition) is 3. The minimum Gasteiger partial charge on any atom is -0.481 e. The average molecular weight is 383 g/mol. The third-order valence-corrected chi connectivity index (χ3v) is 5.41. The molecule has 0 bridgehead atoms. The molecule has 0 radical (unpaired) electrons. The van der Waals surface area contributed by atoms with Crippen molar-refractivity contribution >= 4 is 34.2 Å². The van der Waals surface area contributed by atoms with Gasteiger partial charge in [0.2, 0.25) is 0 Å². The Hall–Kier alpha value is -2.79. The third-order valence-electron chi connectivity index (χ3n) is 5.17. The highest BCUT2D eigenvalue weighted by atomic mass is 35.5. The molecule has 0 unspecified atom stereocenters. The van der Waals surface area contributed by atoms with Gasteiger partial charge < -0.3 is 15.0 Å². The van der Waals surface area contributed by atoms with Gasteiger partial charge in [0.15, 0.2) is 0 Å². The summed E-state index contributed by atoms with van der Waals surface area (Å²) in [6.45, 7) is 1.07. The number of nitrogens with zero attached hydrogens (tertiary/aromatic N) is 1. The number of H-pyrrole nitrogens is 1. The summed E-state index contributed by atoms with van der Waals surface area (Å²) in [6, 6.07) is 15.2. The number of piperidine rings is 1. The zero-order chi connectivity index (χ0) is 19.0. The van der Waals surface area contributed by atoms with E-state index in [4.69, 9.17) is 11.6 Å². The second kappa shape index (κ2) is 7.08. The van der Waals surface area contributed by atoms with Gasteiger partial charge in [0, 0.05) is 34.6 Å². The molecule has 2 heterocycles. The lowest BCUT2D eigenvalue weighted by Gasteiger charge is -2.33. The van der Waals surface area contributed by atoms with Gasteiger partial charge in [0.1, 0.15) is 5.69 Å². The predicted molar refractivity (Wildman–Crippen MR) is 108 cm³/mol. The molecule has 5 nitrogen and oxygen atoms in total. The molecule has 0 aliphatic carbocycles. The maximum Gasteiger partial charge on any atom is 0.306 e. The van der Waals surface area contributed by atoms with Crippen molar-refractivity contribution in [1.29, 1.82) is 0 Å². The molecule has 2 N–H and O–H groups in total. The predicted octanol–water partition coefficient (Wildman–Crippen LogP) is 4.15. The van der Waals surface area contributed by atoms with E-state index in [1.165, 1.54) is 0 Å². The van der Waals surface area contributed by atoms with E-state index in [1.807, 2.05) is 47.4 Å². The highest BCUT2D eigenvalue weighted by Gasteiger charge is 2.28. The van der Waals surface area contributed by atoms with Gasteiger partial charge in [-0.25, -0.2) is 0 Å². The average Bonchev–Trinajstić information content (AvgIpc) is 2.68. The number of anilines is 1. The van der Waals surface area contributed by atoms with Crippen molar-refractivity contribution in [3.63, 3.8) is 0 Å². The van der Waals surface area contributed by atoms with Crippen LogP contribution in [-0.4, -0.2) is 29.1 Å². The Kier molecular flexibility index (Phi) is 4.62. The summed E-state index contributed by atoms with van der Waals surface area (Å²) >= 11 is 6.24. The molecule has 1 fully saturated rings. The first-order valence-corrected chi connectivity index (χ1v) is 9.31. The first kappa shape index (κ1) is 17.6. The van der Waals surface area contributed by atoms with Crippen molar-refractivity contribution in [2.75, 3.05) is 18.0 Å². The highest BCUT2D eigenvalue weighted by Crippen LogP contribution is 2.36. The van der Waals surface area contributed by atoms with Gasteiger partial charge in [-0.2, -0.15) is 0 Å².